The highest BCUT2D eigenvalue weighted by atomic mass is 16.3. The van der Waals surface area contributed by atoms with Crippen molar-refractivity contribution in [2.75, 3.05) is 0 Å². The van der Waals surface area contributed by atoms with Crippen molar-refractivity contribution >= 4 is 0 Å². The summed E-state index contributed by atoms with van der Waals surface area (Å²) in [5, 5.41) is 31.7. The Morgan fingerprint density at radius 3 is 2.75 bits per heavy atom. The van der Waals surface area contributed by atoms with Gasteiger partial charge in [-0.2, -0.15) is 0 Å². The second-order valence-corrected chi connectivity index (χ2v) is 9.26. The highest BCUT2D eigenvalue weighted by Crippen LogP contribution is 2.75. The minimum atomic E-state index is -0.676. The molecule has 2 bridgehead atoms. The molecule has 3 heteroatoms. The maximum atomic E-state index is 11.4. The average Bonchev–Trinajstić information content (AvgIpc) is 2.66. The molecule has 4 aliphatic rings. The molecule has 0 heterocycles. The fourth-order valence-electron chi connectivity index (χ4n) is 7.57. The van der Waals surface area contributed by atoms with E-state index in [4.69, 9.17) is 0 Å². The maximum absolute atomic E-state index is 11.4. The highest BCUT2D eigenvalue weighted by molar-refractivity contribution is 5.41. The van der Waals surface area contributed by atoms with Gasteiger partial charge in [0.1, 0.15) is 5.75 Å². The van der Waals surface area contributed by atoms with Crippen LogP contribution in [0, 0.1) is 16.7 Å². The fourth-order valence-corrected chi connectivity index (χ4v) is 7.57. The zero-order chi connectivity index (χ0) is 16.7. The molecular formula is C21H28O3. The minimum Gasteiger partial charge on any atom is -0.508 e. The topological polar surface area (TPSA) is 60.7 Å². The van der Waals surface area contributed by atoms with Gasteiger partial charge in [-0.3, -0.25) is 0 Å². The van der Waals surface area contributed by atoms with E-state index in [-0.39, 0.29) is 16.9 Å². The monoisotopic (exact) mass is 328 g/mol. The molecule has 4 aliphatic carbocycles. The molecule has 3 N–H and O–H groups in total. The Kier molecular flexibility index (Phi) is 2.89. The number of phenols is 1. The van der Waals surface area contributed by atoms with Gasteiger partial charge in [0.15, 0.2) is 0 Å². The van der Waals surface area contributed by atoms with Gasteiger partial charge in [-0.05, 0) is 85.5 Å². The smallest absolute Gasteiger partial charge is 0.115 e. The number of aryl methyl sites for hydroxylation is 1. The van der Waals surface area contributed by atoms with E-state index in [1.165, 1.54) is 11.1 Å². The Bertz CT molecular complexity index is 700. The van der Waals surface area contributed by atoms with E-state index in [0.717, 1.165) is 44.9 Å². The number of benzene rings is 1. The average molecular weight is 328 g/mol. The van der Waals surface area contributed by atoms with Crippen molar-refractivity contribution in [1.82, 2.24) is 0 Å². The lowest BCUT2D eigenvalue weighted by molar-refractivity contribution is -0.204. The maximum Gasteiger partial charge on any atom is 0.115 e. The zero-order valence-electron chi connectivity index (χ0n) is 14.5. The number of fused-ring (bicyclic) bond motifs is 3. The van der Waals surface area contributed by atoms with E-state index in [0.29, 0.717) is 24.0 Å². The second kappa shape index (κ2) is 4.56. The molecule has 0 saturated heterocycles. The van der Waals surface area contributed by atoms with Crippen molar-refractivity contribution in [3.8, 4) is 5.75 Å². The second-order valence-electron chi connectivity index (χ2n) is 9.26. The third-order valence-corrected chi connectivity index (χ3v) is 8.69. The van der Waals surface area contributed by atoms with Crippen LogP contribution in [0.4, 0.5) is 0 Å². The summed E-state index contributed by atoms with van der Waals surface area (Å²) in [4.78, 5) is 0. The molecule has 1 aromatic rings. The Balaban J connectivity index is 1.62. The lowest BCUT2D eigenvalue weighted by atomic mass is 9.42. The van der Waals surface area contributed by atoms with E-state index in [9.17, 15) is 15.3 Å². The first-order valence-electron chi connectivity index (χ1n) is 9.61. The molecule has 130 valence electrons. The van der Waals surface area contributed by atoms with Gasteiger partial charge in [0.05, 0.1) is 11.7 Å². The molecule has 0 aromatic heterocycles. The van der Waals surface area contributed by atoms with Crippen LogP contribution in [0.3, 0.4) is 0 Å². The molecule has 3 fully saturated rings. The van der Waals surface area contributed by atoms with Crippen molar-refractivity contribution in [1.29, 1.82) is 0 Å². The van der Waals surface area contributed by atoms with Crippen LogP contribution in [-0.4, -0.2) is 27.0 Å². The largest absolute Gasteiger partial charge is 0.508 e. The lowest BCUT2D eigenvalue weighted by Crippen LogP contribution is -2.62. The van der Waals surface area contributed by atoms with Gasteiger partial charge in [-0.25, -0.2) is 0 Å². The first-order chi connectivity index (χ1) is 11.4. The summed E-state index contributed by atoms with van der Waals surface area (Å²) in [7, 11) is 0. The summed E-state index contributed by atoms with van der Waals surface area (Å²) < 4.78 is 0. The predicted octanol–water partition coefficient (Wildman–Crippen LogP) is 3.50. The number of hydrogen-bond donors (Lipinski definition) is 3. The van der Waals surface area contributed by atoms with Crippen molar-refractivity contribution < 1.29 is 15.3 Å². The summed E-state index contributed by atoms with van der Waals surface area (Å²) in [5.74, 6) is 1.45. The van der Waals surface area contributed by atoms with Gasteiger partial charge in [0, 0.05) is 11.8 Å². The van der Waals surface area contributed by atoms with Gasteiger partial charge in [0.2, 0.25) is 0 Å². The molecule has 3 saturated carbocycles. The van der Waals surface area contributed by atoms with Crippen LogP contribution in [0.15, 0.2) is 18.2 Å². The zero-order valence-corrected chi connectivity index (χ0v) is 14.5. The number of aromatic hydroxyl groups is 1. The molecule has 5 rings (SSSR count). The van der Waals surface area contributed by atoms with E-state index < -0.39 is 5.60 Å². The first kappa shape index (κ1) is 15.2. The fraction of sp³-hybridized carbons (Fsp3) is 0.714. The third-order valence-electron chi connectivity index (χ3n) is 8.69. The molecule has 0 unspecified atom stereocenters. The van der Waals surface area contributed by atoms with Crippen LogP contribution in [-0.2, 0) is 6.42 Å². The Labute approximate surface area is 143 Å². The normalized spacial score (nSPS) is 49.2. The first-order valence-corrected chi connectivity index (χ1v) is 9.61. The number of rotatable bonds is 0. The number of phenolic OH excluding ortho intramolecular Hbond substituents is 1. The van der Waals surface area contributed by atoms with Crippen LogP contribution in [0.2, 0.25) is 0 Å². The summed E-state index contributed by atoms with van der Waals surface area (Å²) >= 11 is 0. The summed E-state index contributed by atoms with van der Waals surface area (Å²) in [6.45, 7) is 2.31. The molecule has 0 radical (unpaired) electrons. The quantitative estimate of drug-likeness (QED) is 0.683. The van der Waals surface area contributed by atoms with Gasteiger partial charge in [-0.15, -0.1) is 0 Å². The van der Waals surface area contributed by atoms with E-state index in [2.05, 4.69) is 13.0 Å². The van der Waals surface area contributed by atoms with Gasteiger partial charge < -0.3 is 15.3 Å². The molecule has 6 atom stereocenters. The number of aliphatic hydroxyl groups is 2. The van der Waals surface area contributed by atoms with Gasteiger partial charge in [0.25, 0.3) is 0 Å². The standard InChI is InChI=1S/C21H28O3/c1-19-7-6-17-16-4-3-14(22)10-13(16)2-5-18(17)20(19)8-9-21(19,24)12-15(23)11-20/h3-4,10,15,17-18,22-24H,2,5-9,11-12H2,1H3/t15-,17+,18+,19-,20-,21-/m0/s1. The molecular weight excluding hydrogens is 300 g/mol. The lowest BCUT2D eigenvalue weighted by Gasteiger charge is -2.64. The SMILES string of the molecule is C[C@]12CC[C@@H]3c4ccc(O)cc4CC[C@H]3[C@@]13CC[C@]2(O)C[C@@H](O)C3. The molecule has 24 heavy (non-hydrogen) atoms. The summed E-state index contributed by atoms with van der Waals surface area (Å²) in [5.41, 5.74) is 2.08. The van der Waals surface area contributed by atoms with E-state index in [1.807, 2.05) is 12.1 Å². The summed E-state index contributed by atoms with van der Waals surface area (Å²) in [6, 6.07) is 5.90. The Hall–Kier alpha value is -1.06. The molecule has 0 aliphatic heterocycles. The molecule has 0 amide bonds. The summed E-state index contributed by atoms with van der Waals surface area (Å²) in [6.07, 6.45) is 7.30. The molecule has 0 spiro atoms. The van der Waals surface area contributed by atoms with Crippen LogP contribution in [0.5, 0.6) is 5.75 Å². The van der Waals surface area contributed by atoms with Crippen LogP contribution >= 0.6 is 0 Å². The van der Waals surface area contributed by atoms with Crippen molar-refractivity contribution in [2.24, 2.45) is 16.7 Å². The van der Waals surface area contributed by atoms with Crippen molar-refractivity contribution in [3.63, 3.8) is 0 Å². The van der Waals surface area contributed by atoms with Crippen LogP contribution in [0.25, 0.3) is 0 Å². The molecule has 1 aromatic carbocycles. The third kappa shape index (κ3) is 1.61. The molecule has 3 nitrogen and oxygen atoms in total. The number of aliphatic hydroxyl groups excluding tert-OH is 1. The van der Waals surface area contributed by atoms with Gasteiger partial charge in [-0.1, -0.05) is 13.0 Å². The van der Waals surface area contributed by atoms with Gasteiger partial charge >= 0.3 is 0 Å². The number of hydrogen-bond acceptors (Lipinski definition) is 3. The Morgan fingerprint density at radius 1 is 1.08 bits per heavy atom. The van der Waals surface area contributed by atoms with E-state index >= 15 is 0 Å². The Morgan fingerprint density at radius 2 is 1.92 bits per heavy atom. The van der Waals surface area contributed by atoms with Crippen molar-refractivity contribution in [2.45, 2.75) is 75.9 Å². The minimum absolute atomic E-state index is 0.0468. The van der Waals surface area contributed by atoms with Crippen LogP contribution < -0.4 is 0 Å². The predicted molar refractivity (Wildman–Crippen MR) is 91.9 cm³/mol. The van der Waals surface area contributed by atoms with E-state index in [1.54, 1.807) is 0 Å². The van der Waals surface area contributed by atoms with Crippen molar-refractivity contribution in [3.05, 3.63) is 29.3 Å². The van der Waals surface area contributed by atoms with Crippen LogP contribution in [0.1, 0.15) is 68.9 Å². The highest BCUT2D eigenvalue weighted by Gasteiger charge is 2.72.